The average molecular weight is 391 g/mol. The van der Waals surface area contributed by atoms with Crippen LogP contribution in [0.3, 0.4) is 0 Å². The predicted molar refractivity (Wildman–Crippen MR) is 102 cm³/mol. The third-order valence-electron chi connectivity index (χ3n) is 5.16. The first-order valence-electron chi connectivity index (χ1n) is 8.24. The van der Waals surface area contributed by atoms with Gasteiger partial charge in [-0.1, -0.05) is 47.5 Å². The van der Waals surface area contributed by atoms with Crippen molar-refractivity contribution in [2.24, 2.45) is 5.92 Å². The number of methoxy groups -OCH3 is 1. The van der Waals surface area contributed by atoms with Crippen LogP contribution in [0.4, 0.5) is 11.4 Å². The van der Waals surface area contributed by atoms with Crippen LogP contribution in [-0.4, -0.2) is 12.0 Å². The minimum absolute atomic E-state index is 0.0284. The number of non-ortho nitro benzene ring substituents is 1. The van der Waals surface area contributed by atoms with E-state index in [1.807, 2.05) is 12.1 Å². The number of ether oxygens (including phenoxy) is 1. The quantitative estimate of drug-likeness (QED) is 0.412. The Balaban J connectivity index is 1.88. The zero-order chi connectivity index (χ0) is 18.4. The highest BCUT2D eigenvalue weighted by molar-refractivity contribution is 6.42. The summed E-state index contributed by atoms with van der Waals surface area (Å²) < 4.78 is 5.44. The monoisotopic (exact) mass is 390 g/mol. The van der Waals surface area contributed by atoms with Crippen molar-refractivity contribution in [1.29, 1.82) is 0 Å². The standard InChI is InChI=1S/C19H16Cl2N2O3/c1-26-16-9-10(23(24)25)8-14-11-4-2-5-12(11)18(22-19(14)16)13-6-3-7-15(20)17(13)21/h2-4,6-9,11-12,18,22H,5H2,1H3/t11-,12-,18+/m1/s1. The van der Waals surface area contributed by atoms with Crippen molar-refractivity contribution in [3.05, 3.63) is 73.8 Å². The van der Waals surface area contributed by atoms with Gasteiger partial charge in [0.05, 0.1) is 39.9 Å². The Labute approximate surface area is 160 Å². The molecule has 2 aliphatic rings. The van der Waals surface area contributed by atoms with E-state index in [0.717, 1.165) is 23.2 Å². The zero-order valence-electron chi connectivity index (χ0n) is 13.9. The van der Waals surface area contributed by atoms with E-state index in [1.165, 1.54) is 13.2 Å². The van der Waals surface area contributed by atoms with Gasteiger partial charge < -0.3 is 10.1 Å². The van der Waals surface area contributed by atoms with Gasteiger partial charge in [-0.3, -0.25) is 10.1 Å². The molecule has 1 heterocycles. The van der Waals surface area contributed by atoms with Crippen molar-refractivity contribution in [1.82, 2.24) is 0 Å². The Hall–Kier alpha value is -2.24. The maximum absolute atomic E-state index is 11.3. The van der Waals surface area contributed by atoms with Crippen LogP contribution in [0, 0.1) is 16.0 Å². The van der Waals surface area contributed by atoms with E-state index in [4.69, 9.17) is 27.9 Å². The maximum Gasteiger partial charge on any atom is 0.273 e. The summed E-state index contributed by atoms with van der Waals surface area (Å²) in [5.74, 6) is 0.710. The number of rotatable bonds is 3. The van der Waals surface area contributed by atoms with Crippen LogP contribution in [0.2, 0.25) is 10.0 Å². The Kier molecular flexibility index (Phi) is 4.29. The lowest BCUT2D eigenvalue weighted by molar-refractivity contribution is -0.385. The second-order valence-electron chi connectivity index (χ2n) is 6.49. The van der Waals surface area contributed by atoms with Crippen molar-refractivity contribution in [3.8, 4) is 5.75 Å². The van der Waals surface area contributed by atoms with Gasteiger partial charge in [-0.15, -0.1) is 0 Å². The summed E-state index contributed by atoms with van der Waals surface area (Å²) in [5.41, 5.74) is 2.60. The Morgan fingerprint density at radius 2 is 2.08 bits per heavy atom. The molecule has 3 atom stereocenters. The van der Waals surface area contributed by atoms with Crippen molar-refractivity contribution >= 4 is 34.6 Å². The molecule has 0 bridgehead atoms. The molecule has 26 heavy (non-hydrogen) atoms. The van der Waals surface area contributed by atoms with Crippen LogP contribution < -0.4 is 10.1 Å². The summed E-state index contributed by atoms with van der Waals surface area (Å²) in [6.07, 6.45) is 5.08. The number of benzene rings is 2. The molecule has 0 saturated heterocycles. The van der Waals surface area contributed by atoms with E-state index in [0.29, 0.717) is 15.8 Å². The Morgan fingerprint density at radius 3 is 2.81 bits per heavy atom. The van der Waals surface area contributed by atoms with Crippen molar-refractivity contribution in [3.63, 3.8) is 0 Å². The van der Waals surface area contributed by atoms with Crippen LogP contribution in [0.5, 0.6) is 5.75 Å². The number of nitrogens with one attached hydrogen (secondary N) is 1. The van der Waals surface area contributed by atoms with Crippen molar-refractivity contribution in [2.75, 3.05) is 12.4 Å². The largest absolute Gasteiger partial charge is 0.494 e. The van der Waals surface area contributed by atoms with Gasteiger partial charge >= 0.3 is 0 Å². The number of halogens is 2. The van der Waals surface area contributed by atoms with Gasteiger partial charge in [-0.05, 0) is 29.5 Å². The summed E-state index contributed by atoms with van der Waals surface area (Å²) in [7, 11) is 1.51. The summed E-state index contributed by atoms with van der Waals surface area (Å²) in [4.78, 5) is 10.9. The minimum atomic E-state index is -0.392. The third-order valence-corrected chi connectivity index (χ3v) is 6.00. The van der Waals surface area contributed by atoms with E-state index in [9.17, 15) is 10.1 Å². The molecule has 0 saturated carbocycles. The van der Waals surface area contributed by atoms with Gasteiger partial charge in [0.1, 0.15) is 5.75 Å². The first-order chi connectivity index (χ1) is 12.5. The second-order valence-corrected chi connectivity index (χ2v) is 7.27. The van der Waals surface area contributed by atoms with Crippen LogP contribution in [0.1, 0.15) is 29.5 Å². The normalized spacial score (nSPS) is 23.1. The van der Waals surface area contributed by atoms with Crippen molar-refractivity contribution < 1.29 is 9.66 Å². The number of anilines is 1. The molecule has 0 unspecified atom stereocenters. The van der Waals surface area contributed by atoms with Gasteiger partial charge in [-0.2, -0.15) is 0 Å². The molecule has 1 aliphatic carbocycles. The van der Waals surface area contributed by atoms with E-state index in [-0.39, 0.29) is 23.6 Å². The molecule has 4 rings (SSSR count). The number of nitrogens with zero attached hydrogens (tertiary/aromatic N) is 1. The molecule has 0 radical (unpaired) electrons. The molecule has 5 nitrogen and oxygen atoms in total. The fourth-order valence-corrected chi connectivity index (χ4v) is 4.41. The fraction of sp³-hybridized carbons (Fsp3) is 0.263. The summed E-state index contributed by atoms with van der Waals surface area (Å²) in [6.45, 7) is 0. The predicted octanol–water partition coefficient (Wildman–Crippen LogP) is 5.74. The summed E-state index contributed by atoms with van der Waals surface area (Å²) >= 11 is 12.7. The summed E-state index contributed by atoms with van der Waals surface area (Å²) in [5, 5.41) is 15.8. The highest BCUT2D eigenvalue weighted by Gasteiger charge is 2.41. The molecule has 0 aromatic heterocycles. The highest BCUT2D eigenvalue weighted by Crippen LogP contribution is 2.54. The minimum Gasteiger partial charge on any atom is -0.494 e. The van der Waals surface area contributed by atoms with Gasteiger partial charge in [0.2, 0.25) is 0 Å². The molecule has 2 aromatic rings. The number of nitro groups is 1. The first kappa shape index (κ1) is 17.2. The lowest BCUT2D eigenvalue weighted by Crippen LogP contribution is -2.29. The molecule has 2 aromatic carbocycles. The van der Waals surface area contributed by atoms with Crippen molar-refractivity contribution in [2.45, 2.75) is 18.4 Å². The maximum atomic E-state index is 11.3. The SMILES string of the molecule is COc1cc([N+](=O)[O-])cc2c1N[C@H](c1cccc(Cl)c1Cl)[C@@H]1CC=C[C@@H]21. The Bertz CT molecular complexity index is 929. The van der Waals surface area contributed by atoms with E-state index >= 15 is 0 Å². The average Bonchev–Trinajstić information content (AvgIpc) is 3.12. The number of allylic oxidation sites excluding steroid dienone is 2. The van der Waals surface area contributed by atoms with E-state index in [1.54, 1.807) is 12.1 Å². The third kappa shape index (κ3) is 2.63. The van der Waals surface area contributed by atoms with Gasteiger partial charge in [0.15, 0.2) is 0 Å². The number of fused-ring (bicyclic) bond motifs is 3. The molecule has 134 valence electrons. The van der Waals surface area contributed by atoms with Gasteiger partial charge in [0.25, 0.3) is 5.69 Å². The fourth-order valence-electron chi connectivity index (χ4n) is 3.99. The van der Waals surface area contributed by atoms with Gasteiger partial charge in [0, 0.05) is 12.0 Å². The molecule has 7 heteroatoms. The topological polar surface area (TPSA) is 64.4 Å². The number of nitro benzene ring substituents is 1. The van der Waals surface area contributed by atoms with E-state index < -0.39 is 4.92 Å². The number of hydrogen-bond acceptors (Lipinski definition) is 4. The zero-order valence-corrected chi connectivity index (χ0v) is 15.4. The molecule has 0 fully saturated rings. The van der Waals surface area contributed by atoms with Crippen LogP contribution in [0.25, 0.3) is 0 Å². The van der Waals surface area contributed by atoms with Crippen LogP contribution >= 0.6 is 23.2 Å². The van der Waals surface area contributed by atoms with Gasteiger partial charge in [-0.25, -0.2) is 0 Å². The number of hydrogen-bond donors (Lipinski definition) is 1. The van der Waals surface area contributed by atoms with Crippen LogP contribution in [-0.2, 0) is 0 Å². The van der Waals surface area contributed by atoms with Crippen LogP contribution in [0.15, 0.2) is 42.5 Å². The molecular weight excluding hydrogens is 375 g/mol. The second kappa shape index (κ2) is 6.49. The molecule has 0 spiro atoms. The molecular formula is C19H16Cl2N2O3. The summed E-state index contributed by atoms with van der Waals surface area (Å²) in [6, 6.07) is 8.62. The van der Waals surface area contributed by atoms with E-state index in [2.05, 4.69) is 17.5 Å². The lowest BCUT2D eigenvalue weighted by atomic mass is 9.76. The molecule has 1 aliphatic heterocycles. The highest BCUT2D eigenvalue weighted by atomic mass is 35.5. The first-order valence-corrected chi connectivity index (χ1v) is 9.00. The molecule has 0 amide bonds. The smallest absolute Gasteiger partial charge is 0.273 e. The Morgan fingerprint density at radius 1 is 1.27 bits per heavy atom. The molecule has 1 N–H and O–H groups in total. The lowest BCUT2D eigenvalue weighted by Gasteiger charge is -2.38.